The highest BCUT2D eigenvalue weighted by molar-refractivity contribution is 7.92. The lowest BCUT2D eigenvalue weighted by Gasteiger charge is -2.39. The Kier molecular flexibility index (Phi) is 2.72. The predicted octanol–water partition coefficient (Wildman–Crippen LogP) is 2.49. The van der Waals surface area contributed by atoms with Gasteiger partial charge in [-0.25, -0.2) is 4.98 Å². The first kappa shape index (κ1) is 11.6. The number of hydrogen-bond acceptors (Lipinski definition) is 4. The minimum atomic E-state index is -0.726. The summed E-state index contributed by atoms with van der Waals surface area (Å²) in [6.45, 7) is 2.18. The Hall–Kier alpha value is -0.520. The summed E-state index contributed by atoms with van der Waals surface area (Å²) < 4.78 is 10.0. The second-order valence-electron chi connectivity index (χ2n) is 4.98. The van der Waals surface area contributed by atoms with Crippen LogP contribution >= 0.6 is 11.6 Å². The second-order valence-corrected chi connectivity index (χ2v) is 6.86. The number of nitrogens with one attached hydrogen (secondary N) is 1. The number of fused-ring (bicyclic) bond motifs is 1. The fourth-order valence-corrected chi connectivity index (χ4v) is 3.90. The minimum absolute atomic E-state index is 0.109. The van der Waals surface area contributed by atoms with Crippen LogP contribution in [-0.2, 0) is 17.6 Å². The molecule has 1 aliphatic carbocycles. The smallest absolute Gasteiger partial charge is 0.253 e. The van der Waals surface area contributed by atoms with Gasteiger partial charge in [-0.05, 0) is 37.8 Å². The van der Waals surface area contributed by atoms with Crippen LogP contribution < -0.4 is 5.32 Å². The van der Waals surface area contributed by atoms with Crippen molar-refractivity contribution in [3.63, 3.8) is 0 Å². The molecule has 92 valence electrons. The van der Waals surface area contributed by atoms with Gasteiger partial charge in [-0.2, -0.15) is 9.54 Å². The van der Waals surface area contributed by atoms with Crippen LogP contribution in [0, 0.1) is 0 Å². The molecule has 0 amide bonds. The molecule has 1 saturated carbocycles. The third-order valence-electron chi connectivity index (χ3n) is 3.55. The third-order valence-corrected chi connectivity index (χ3v) is 5.21. The van der Waals surface area contributed by atoms with Crippen molar-refractivity contribution in [3.8, 4) is 0 Å². The molecule has 1 atom stereocenters. The molecule has 1 aromatic heterocycles. The van der Waals surface area contributed by atoms with Gasteiger partial charge < -0.3 is 5.32 Å². The summed E-state index contributed by atoms with van der Waals surface area (Å²) in [6.07, 6.45) is 4.32. The lowest BCUT2D eigenvalue weighted by molar-refractivity contribution is 0.305. The fourth-order valence-electron chi connectivity index (χ4n) is 2.38. The summed E-state index contributed by atoms with van der Waals surface area (Å²) in [5.74, 6) is 1.49. The molecular formula is C11H15ClN3OS+. The van der Waals surface area contributed by atoms with Gasteiger partial charge in [0.15, 0.2) is 22.7 Å². The first-order valence-corrected chi connectivity index (χ1v) is 7.55. The number of nitrogens with zero attached hydrogens (tertiary/aromatic N) is 2. The van der Waals surface area contributed by atoms with Crippen molar-refractivity contribution < 1.29 is 4.55 Å². The van der Waals surface area contributed by atoms with E-state index in [0.717, 1.165) is 41.4 Å². The van der Waals surface area contributed by atoms with Crippen molar-refractivity contribution in [3.05, 3.63) is 11.0 Å². The molecule has 2 heterocycles. The standard InChI is InChI=1S/C11H15ClN3OS/c1-11(4-2-5-11)15-9-8-7(3-6-17(8)16)13-10(12)14-9/h16H,2-6H2,1H3,(H,13,14,15)/q+1. The van der Waals surface area contributed by atoms with E-state index in [2.05, 4.69) is 22.2 Å². The number of halogens is 1. The lowest BCUT2D eigenvalue weighted by Crippen LogP contribution is -2.42. The van der Waals surface area contributed by atoms with Gasteiger partial charge in [-0.15, -0.1) is 0 Å². The first-order valence-electron chi connectivity index (χ1n) is 5.82. The summed E-state index contributed by atoms with van der Waals surface area (Å²) in [6, 6.07) is 0. The normalized spacial score (nSPS) is 25.2. The van der Waals surface area contributed by atoms with Crippen LogP contribution in [0.1, 0.15) is 31.9 Å². The van der Waals surface area contributed by atoms with Gasteiger partial charge in [0.05, 0.1) is 0 Å². The van der Waals surface area contributed by atoms with E-state index in [1.165, 1.54) is 6.42 Å². The number of aromatic nitrogens is 2. The first-order chi connectivity index (χ1) is 8.07. The van der Waals surface area contributed by atoms with Gasteiger partial charge in [0.25, 0.3) is 4.90 Å². The van der Waals surface area contributed by atoms with E-state index < -0.39 is 11.2 Å². The van der Waals surface area contributed by atoms with Gasteiger partial charge in [0.2, 0.25) is 5.28 Å². The van der Waals surface area contributed by atoms with Gasteiger partial charge in [0, 0.05) is 12.0 Å². The SMILES string of the molecule is CC1(Nc2nc(Cl)nc3c2[S+](O)CC3)CCC1. The van der Waals surface area contributed by atoms with Crippen molar-refractivity contribution in [1.82, 2.24) is 9.97 Å². The zero-order valence-corrected chi connectivity index (χ0v) is 11.2. The van der Waals surface area contributed by atoms with Gasteiger partial charge in [-0.3, -0.25) is 0 Å². The van der Waals surface area contributed by atoms with E-state index in [1.807, 2.05) is 0 Å². The molecule has 1 aliphatic heterocycles. The summed E-state index contributed by atoms with van der Waals surface area (Å²) in [7, 11) is 0. The van der Waals surface area contributed by atoms with Crippen molar-refractivity contribution in [2.24, 2.45) is 0 Å². The molecule has 0 saturated heterocycles. The van der Waals surface area contributed by atoms with Crippen LogP contribution in [0.3, 0.4) is 0 Å². The van der Waals surface area contributed by atoms with Gasteiger partial charge in [0.1, 0.15) is 5.69 Å². The Morgan fingerprint density at radius 1 is 1.41 bits per heavy atom. The molecule has 0 radical (unpaired) electrons. The van der Waals surface area contributed by atoms with Gasteiger partial charge >= 0.3 is 0 Å². The lowest BCUT2D eigenvalue weighted by atomic mass is 9.78. The molecule has 0 spiro atoms. The largest absolute Gasteiger partial charge is 0.360 e. The van der Waals surface area contributed by atoms with Crippen molar-refractivity contribution >= 4 is 28.6 Å². The summed E-state index contributed by atoms with van der Waals surface area (Å²) in [4.78, 5) is 9.33. The fraction of sp³-hybridized carbons (Fsp3) is 0.636. The van der Waals surface area contributed by atoms with Crippen LogP contribution in [0.25, 0.3) is 0 Å². The van der Waals surface area contributed by atoms with Crippen molar-refractivity contribution in [2.75, 3.05) is 11.1 Å². The monoisotopic (exact) mass is 272 g/mol. The molecule has 17 heavy (non-hydrogen) atoms. The van der Waals surface area contributed by atoms with E-state index in [-0.39, 0.29) is 10.8 Å². The van der Waals surface area contributed by atoms with Crippen LogP contribution in [0.4, 0.5) is 5.82 Å². The van der Waals surface area contributed by atoms with Gasteiger partial charge in [-0.1, -0.05) is 0 Å². The summed E-state index contributed by atoms with van der Waals surface area (Å²) in [5, 5.41) is 3.71. The zero-order valence-electron chi connectivity index (χ0n) is 9.66. The number of aryl methyl sites for hydroxylation is 1. The quantitative estimate of drug-likeness (QED) is 0.642. The molecule has 0 bridgehead atoms. The molecule has 1 aromatic rings. The Balaban J connectivity index is 1.98. The summed E-state index contributed by atoms with van der Waals surface area (Å²) >= 11 is 5.20. The van der Waals surface area contributed by atoms with Crippen LogP contribution in [0.2, 0.25) is 5.28 Å². The third kappa shape index (κ3) is 2.00. The number of hydrogen-bond donors (Lipinski definition) is 2. The van der Waals surface area contributed by atoms with E-state index in [9.17, 15) is 4.55 Å². The van der Waals surface area contributed by atoms with E-state index in [1.54, 1.807) is 0 Å². The highest BCUT2D eigenvalue weighted by Gasteiger charge is 2.41. The van der Waals surface area contributed by atoms with Crippen molar-refractivity contribution in [1.29, 1.82) is 0 Å². The molecule has 4 nitrogen and oxygen atoms in total. The number of rotatable bonds is 2. The Labute approximate surface area is 108 Å². The topological polar surface area (TPSA) is 58.0 Å². The predicted molar refractivity (Wildman–Crippen MR) is 69.8 cm³/mol. The second kappa shape index (κ2) is 4.00. The molecule has 1 unspecified atom stereocenters. The molecule has 6 heteroatoms. The highest BCUT2D eigenvalue weighted by Crippen LogP contribution is 2.38. The van der Waals surface area contributed by atoms with E-state index in [4.69, 9.17) is 11.6 Å². The highest BCUT2D eigenvalue weighted by atomic mass is 35.5. The summed E-state index contributed by atoms with van der Waals surface area (Å²) in [5.41, 5.74) is 1.01. The Bertz CT molecular complexity index is 464. The maximum Gasteiger partial charge on any atom is 0.253 e. The average Bonchev–Trinajstić information content (AvgIpc) is 2.58. The molecule has 1 fully saturated rings. The maximum atomic E-state index is 10.0. The zero-order chi connectivity index (χ0) is 12.0. The molecule has 3 rings (SSSR count). The van der Waals surface area contributed by atoms with Crippen LogP contribution in [-0.4, -0.2) is 25.8 Å². The van der Waals surface area contributed by atoms with Crippen molar-refractivity contribution in [2.45, 2.75) is 43.0 Å². The Morgan fingerprint density at radius 2 is 2.18 bits per heavy atom. The average molecular weight is 273 g/mol. The van der Waals surface area contributed by atoms with Crippen LogP contribution in [0.5, 0.6) is 0 Å². The molecule has 0 aromatic carbocycles. The molecular weight excluding hydrogens is 258 g/mol. The minimum Gasteiger partial charge on any atom is -0.360 e. The van der Waals surface area contributed by atoms with Crippen LogP contribution in [0.15, 0.2) is 4.90 Å². The van der Waals surface area contributed by atoms with E-state index in [0.29, 0.717) is 0 Å². The maximum absolute atomic E-state index is 10.0. The number of anilines is 1. The Morgan fingerprint density at radius 3 is 2.82 bits per heavy atom. The molecule has 2 aliphatic rings. The van der Waals surface area contributed by atoms with E-state index >= 15 is 0 Å². The molecule has 2 N–H and O–H groups in total.